The van der Waals surface area contributed by atoms with E-state index in [1.165, 1.54) is 31.4 Å². The lowest BCUT2D eigenvalue weighted by molar-refractivity contribution is -0.141. The number of carbonyl (C=O) groups excluding carboxylic acids is 1. The lowest BCUT2D eigenvalue weighted by atomic mass is 10.0. The number of carbonyl (C=O) groups is 2. The van der Waals surface area contributed by atoms with Crippen LogP contribution in [0.2, 0.25) is 0 Å². The molecule has 3 N–H and O–H groups in total. The summed E-state index contributed by atoms with van der Waals surface area (Å²) in [7, 11) is -2.41. The van der Waals surface area contributed by atoms with Gasteiger partial charge in [-0.25, -0.2) is 8.42 Å². The minimum atomic E-state index is -3.89. The molecule has 1 unspecified atom stereocenters. The molecule has 3 atom stereocenters. The Morgan fingerprint density at radius 3 is 2.30 bits per heavy atom. The fourth-order valence-electron chi connectivity index (χ4n) is 3.11. The van der Waals surface area contributed by atoms with Gasteiger partial charge in [-0.2, -0.15) is 4.72 Å². The summed E-state index contributed by atoms with van der Waals surface area (Å²) in [6, 6.07) is 4.66. The summed E-state index contributed by atoms with van der Waals surface area (Å²) in [4.78, 5) is 23.7. The quantitative estimate of drug-likeness (QED) is 0.608. The third-order valence-corrected chi connectivity index (χ3v) is 6.19. The number of hydrogen-bond acceptors (Lipinski definition) is 5. The molecule has 1 fully saturated rings. The van der Waals surface area contributed by atoms with Crippen molar-refractivity contribution in [2.45, 2.75) is 50.1 Å². The molecule has 1 amide bonds. The van der Waals surface area contributed by atoms with Crippen LogP contribution in [0.3, 0.4) is 0 Å². The van der Waals surface area contributed by atoms with E-state index < -0.39 is 33.9 Å². The Bertz CT molecular complexity index is 776. The molecule has 9 heteroatoms. The molecule has 2 rings (SSSR count). The number of benzene rings is 1. The van der Waals surface area contributed by atoms with Crippen LogP contribution in [-0.2, 0) is 19.6 Å². The van der Waals surface area contributed by atoms with E-state index in [1.807, 2.05) is 0 Å². The van der Waals surface area contributed by atoms with Crippen molar-refractivity contribution in [3.63, 3.8) is 0 Å². The fourth-order valence-corrected chi connectivity index (χ4v) is 4.45. The van der Waals surface area contributed by atoms with Crippen LogP contribution in [0.4, 0.5) is 0 Å². The molecule has 8 nitrogen and oxygen atoms in total. The summed E-state index contributed by atoms with van der Waals surface area (Å²) in [5.41, 5.74) is 0. The van der Waals surface area contributed by atoms with E-state index in [-0.39, 0.29) is 16.9 Å². The second kappa shape index (κ2) is 8.71. The lowest BCUT2D eigenvalue weighted by Gasteiger charge is -2.24. The molecule has 150 valence electrons. The smallest absolute Gasteiger partial charge is 0.306 e. The molecule has 1 aromatic carbocycles. The maximum atomic E-state index is 12.6. The minimum Gasteiger partial charge on any atom is -0.497 e. The van der Waals surface area contributed by atoms with Crippen molar-refractivity contribution in [2.75, 3.05) is 7.11 Å². The van der Waals surface area contributed by atoms with Gasteiger partial charge in [0, 0.05) is 6.04 Å². The Kier molecular flexibility index (Phi) is 6.83. The Hall–Kier alpha value is -2.13. The third kappa shape index (κ3) is 5.43. The van der Waals surface area contributed by atoms with Gasteiger partial charge in [-0.1, -0.05) is 13.8 Å². The Morgan fingerprint density at radius 2 is 1.81 bits per heavy atom. The van der Waals surface area contributed by atoms with Crippen LogP contribution in [0.1, 0.15) is 33.1 Å². The van der Waals surface area contributed by atoms with Gasteiger partial charge in [0.1, 0.15) is 11.8 Å². The molecule has 0 aliphatic heterocycles. The van der Waals surface area contributed by atoms with Gasteiger partial charge in [0.05, 0.1) is 17.9 Å². The molecule has 1 aliphatic rings. The molecule has 1 saturated carbocycles. The number of nitrogens with one attached hydrogen (secondary N) is 2. The first-order chi connectivity index (χ1) is 12.6. The summed E-state index contributed by atoms with van der Waals surface area (Å²) in [6.07, 6.45) is 1.43. The number of hydrogen-bond donors (Lipinski definition) is 3. The van der Waals surface area contributed by atoms with Crippen molar-refractivity contribution >= 4 is 21.9 Å². The average molecular weight is 398 g/mol. The number of rotatable bonds is 8. The molecule has 1 aromatic rings. The van der Waals surface area contributed by atoms with E-state index in [4.69, 9.17) is 9.84 Å². The summed E-state index contributed by atoms with van der Waals surface area (Å²) >= 11 is 0. The first-order valence-corrected chi connectivity index (χ1v) is 10.3. The van der Waals surface area contributed by atoms with Crippen LogP contribution >= 0.6 is 0 Å². The van der Waals surface area contributed by atoms with Gasteiger partial charge < -0.3 is 15.2 Å². The topological polar surface area (TPSA) is 122 Å². The largest absolute Gasteiger partial charge is 0.497 e. The van der Waals surface area contributed by atoms with Crippen molar-refractivity contribution in [1.29, 1.82) is 0 Å². The number of aliphatic carboxylic acids is 1. The van der Waals surface area contributed by atoms with E-state index in [9.17, 15) is 18.0 Å². The predicted molar refractivity (Wildman–Crippen MR) is 98.8 cm³/mol. The molecule has 0 radical (unpaired) electrons. The molecular weight excluding hydrogens is 372 g/mol. The van der Waals surface area contributed by atoms with Crippen molar-refractivity contribution in [2.24, 2.45) is 11.8 Å². The minimum absolute atomic E-state index is 0.0357. The van der Waals surface area contributed by atoms with Gasteiger partial charge in [-0.3, -0.25) is 9.59 Å². The summed E-state index contributed by atoms with van der Waals surface area (Å²) in [5.74, 6) is -1.54. The van der Waals surface area contributed by atoms with E-state index in [0.29, 0.717) is 25.0 Å². The normalized spacial score (nSPS) is 21.0. The summed E-state index contributed by atoms with van der Waals surface area (Å²) in [6.45, 7) is 3.49. The molecule has 0 saturated heterocycles. The SMILES string of the molecule is COc1ccc(S(=O)(=O)NC(C(=O)N[C@H]2CC[C@@H](C(=O)O)C2)C(C)C)cc1. The highest BCUT2D eigenvalue weighted by Gasteiger charge is 2.34. The molecule has 1 aliphatic carbocycles. The third-order valence-electron chi connectivity index (χ3n) is 4.73. The molecule has 0 aromatic heterocycles. The van der Waals surface area contributed by atoms with Crippen LogP contribution in [0.15, 0.2) is 29.2 Å². The van der Waals surface area contributed by atoms with Gasteiger partial charge >= 0.3 is 5.97 Å². The standard InChI is InChI=1S/C18H26N2O6S/c1-11(2)16(17(21)19-13-5-4-12(10-13)18(22)23)20-27(24,25)15-8-6-14(26-3)7-9-15/h6-9,11-13,16,20H,4-5,10H2,1-3H3,(H,19,21)(H,22,23)/t12-,13+,16?/m1/s1. The summed E-state index contributed by atoms with van der Waals surface area (Å²) in [5, 5.41) is 11.9. The highest BCUT2D eigenvalue weighted by atomic mass is 32.2. The highest BCUT2D eigenvalue weighted by Crippen LogP contribution is 2.26. The molecule has 0 heterocycles. The lowest BCUT2D eigenvalue weighted by Crippen LogP contribution is -2.51. The van der Waals surface area contributed by atoms with Crippen molar-refractivity contribution < 1.29 is 27.9 Å². The number of ether oxygens (including phenoxy) is 1. The zero-order chi connectivity index (χ0) is 20.2. The molecule has 0 bridgehead atoms. The monoisotopic (exact) mass is 398 g/mol. The van der Waals surface area contributed by atoms with Crippen molar-refractivity contribution in [1.82, 2.24) is 10.0 Å². The average Bonchev–Trinajstić information content (AvgIpc) is 3.08. The molecule has 0 spiro atoms. The Labute approximate surface area is 159 Å². The van der Waals surface area contributed by atoms with Crippen molar-refractivity contribution in [3.8, 4) is 5.75 Å². The first kappa shape index (κ1) is 21.2. The zero-order valence-electron chi connectivity index (χ0n) is 15.6. The van der Waals surface area contributed by atoms with Gasteiger partial charge in [-0.05, 0) is 49.4 Å². The second-order valence-corrected chi connectivity index (χ2v) is 8.79. The van der Waals surface area contributed by atoms with Crippen LogP contribution in [0, 0.1) is 11.8 Å². The molecular formula is C18H26N2O6S. The van der Waals surface area contributed by atoms with Crippen LogP contribution < -0.4 is 14.8 Å². The highest BCUT2D eigenvalue weighted by molar-refractivity contribution is 7.89. The van der Waals surface area contributed by atoms with Gasteiger partial charge in [0.25, 0.3) is 0 Å². The number of sulfonamides is 1. The maximum Gasteiger partial charge on any atom is 0.306 e. The van der Waals surface area contributed by atoms with Crippen LogP contribution in [-0.4, -0.2) is 44.6 Å². The number of carboxylic acids is 1. The van der Waals surface area contributed by atoms with E-state index >= 15 is 0 Å². The van der Waals surface area contributed by atoms with Crippen LogP contribution in [0.5, 0.6) is 5.75 Å². The number of methoxy groups -OCH3 is 1. The predicted octanol–water partition coefficient (Wildman–Crippen LogP) is 1.37. The Balaban J connectivity index is 2.07. The number of carboxylic acid groups (broad SMARTS) is 1. The van der Waals surface area contributed by atoms with Crippen molar-refractivity contribution in [3.05, 3.63) is 24.3 Å². The van der Waals surface area contributed by atoms with Crippen LogP contribution in [0.25, 0.3) is 0 Å². The van der Waals surface area contributed by atoms with E-state index in [1.54, 1.807) is 13.8 Å². The fraction of sp³-hybridized carbons (Fsp3) is 0.556. The second-order valence-electron chi connectivity index (χ2n) is 7.07. The summed E-state index contributed by atoms with van der Waals surface area (Å²) < 4.78 is 32.7. The van der Waals surface area contributed by atoms with Gasteiger partial charge in [0.15, 0.2) is 0 Å². The van der Waals surface area contributed by atoms with E-state index in [2.05, 4.69) is 10.0 Å². The van der Waals surface area contributed by atoms with Gasteiger partial charge in [0.2, 0.25) is 15.9 Å². The Morgan fingerprint density at radius 1 is 1.19 bits per heavy atom. The van der Waals surface area contributed by atoms with E-state index in [0.717, 1.165) is 0 Å². The maximum absolute atomic E-state index is 12.6. The van der Waals surface area contributed by atoms with Gasteiger partial charge in [-0.15, -0.1) is 0 Å². The first-order valence-electron chi connectivity index (χ1n) is 8.83. The number of amides is 1. The zero-order valence-corrected chi connectivity index (χ0v) is 16.5. The molecule has 27 heavy (non-hydrogen) atoms.